The maximum atomic E-state index is 13.5. The average molecular weight is 479 g/mol. The van der Waals surface area contributed by atoms with E-state index in [1.54, 1.807) is 6.92 Å². The zero-order valence-electron chi connectivity index (χ0n) is 20.6. The van der Waals surface area contributed by atoms with Gasteiger partial charge in [-0.05, 0) is 60.8 Å². The molecule has 0 bridgehead atoms. The summed E-state index contributed by atoms with van der Waals surface area (Å²) in [6.45, 7) is 6.03. The van der Waals surface area contributed by atoms with Gasteiger partial charge in [-0.2, -0.15) is 0 Å². The van der Waals surface area contributed by atoms with Gasteiger partial charge in [0, 0.05) is 12.5 Å². The van der Waals surface area contributed by atoms with Crippen LogP contribution in [0.5, 0.6) is 0 Å². The van der Waals surface area contributed by atoms with E-state index in [1.165, 1.54) is 4.90 Å². The van der Waals surface area contributed by atoms with Gasteiger partial charge in [-0.15, -0.1) is 0 Å². The molecule has 2 aromatic carbocycles. The average Bonchev–Trinajstić information content (AvgIpc) is 3.15. The van der Waals surface area contributed by atoms with Gasteiger partial charge < -0.3 is 20.1 Å². The number of piperidine rings is 1. The van der Waals surface area contributed by atoms with E-state index < -0.39 is 23.6 Å². The Balaban J connectivity index is 1.47. The first-order valence-electron chi connectivity index (χ1n) is 12.4. The Morgan fingerprint density at radius 1 is 1.06 bits per heavy atom. The van der Waals surface area contributed by atoms with Gasteiger partial charge in [-0.3, -0.25) is 4.79 Å². The molecule has 2 amide bonds. The number of carbonyl (C=O) groups is 3. The lowest BCUT2D eigenvalue weighted by molar-refractivity contribution is -0.162. The van der Waals surface area contributed by atoms with E-state index >= 15 is 0 Å². The minimum atomic E-state index is -1.27. The van der Waals surface area contributed by atoms with E-state index in [2.05, 4.69) is 29.6 Å². The van der Waals surface area contributed by atoms with Gasteiger partial charge >= 0.3 is 12.1 Å². The zero-order valence-corrected chi connectivity index (χ0v) is 20.6. The Bertz CT molecular complexity index is 1070. The van der Waals surface area contributed by atoms with E-state index in [4.69, 9.17) is 4.74 Å². The van der Waals surface area contributed by atoms with E-state index in [-0.39, 0.29) is 24.3 Å². The standard InChI is InChI=1S/C28H34N2O5/c1-18(2)16-24(25(31)30-15-9-8-14-28(30,3)26(32)33)29-27(34)35-17-23-21-12-6-4-10-19(21)20-11-5-7-13-22(20)23/h4-7,10-13,18,23-24H,8-9,14-17H2,1-3H3,(H,29,34)(H,32,33)/t24-,28?/m1/s1. The highest BCUT2D eigenvalue weighted by Gasteiger charge is 2.46. The second-order valence-electron chi connectivity index (χ2n) is 10.2. The quantitative estimate of drug-likeness (QED) is 0.596. The molecular weight excluding hydrogens is 444 g/mol. The van der Waals surface area contributed by atoms with Crippen molar-refractivity contribution in [2.75, 3.05) is 13.2 Å². The summed E-state index contributed by atoms with van der Waals surface area (Å²) in [6, 6.07) is 15.4. The lowest BCUT2D eigenvalue weighted by Crippen LogP contribution is -2.62. The van der Waals surface area contributed by atoms with Crippen molar-refractivity contribution in [1.82, 2.24) is 10.2 Å². The molecule has 0 saturated carbocycles. The molecule has 1 heterocycles. The molecule has 0 aromatic heterocycles. The molecule has 7 heteroatoms. The topological polar surface area (TPSA) is 95.9 Å². The van der Waals surface area contributed by atoms with Crippen LogP contribution in [0, 0.1) is 5.92 Å². The third kappa shape index (κ3) is 4.90. The number of amides is 2. The van der Waals surface area contributed by atoms with Crippen LogP contribution in [0.1, 0.15) is 63.5 Å². The Kier molecular flexibility index (Phi) is 7.15. The van der Waals surface area contributed by atoms with Crippen LogP contribution in [0.15, 0.2) is 48.5 Å². The molecule has 0 radical (unpaired) electrons. The number of ether oxygens (including phenoxy) is 1. The largest absolute Gasteiger partial charge is 0.480 e. The van der Waals surface area contributed by atoms with Crippen LogP contribution in [-0.4, -0.2) is 52.7 Å². The molecule has 1 aliphatic carbocycles. The molecule has 35 heavy (non-hydrogen) atoms. The number of nitrogens with one attached hydrogen (secondary N) is 1. The smallest absolute Gasteiger partial charge is 0.407 e. The molecule has 1 unspecified atom stereocenters. The minimum Gasteiger partial charge on any atom is -0.480 e. The minimum absolute atomic E-state index is 0.0789. The summed E-state index contributed by atoms with van der Waals surface area (Å²) >= 11 is 0. The van der Waals surface area contributed by atoms with Crippen LogP contribution in [0.25, 0.3) is 11.1 Å². The SMILES string of the molecule is CC(C)C[C@@H](NC(=O)OCC1c2ccccc2-c2ccccc21)C(=O)N1CCCCC1(C)C(=O)O. The third-order valence-electron chi connectivity index (χ3n) is 7.26. The first kappa shape index (κ1) is 24.8. The molecule has 0 spiro atoms. The molecule has 7 nitrogen and oxygen atoms in total. The summed E-state index contributed by atoms with van der Waals surface area (Å²) in [5.41, 5.74) is 3.24. The van der Waals surface area contributed by atoms with Gasteiger partial charge in [0.1, 0.15) is 18.2 Å². The molecule has 1 saturated heterocycles. The first-order chi connectivity index (χ1) is 16.7. The normalized spacial score (nSPS) is 20.2. The van der Waals surface area contributed by atoms with Crippen molar-refractivity contribution in [2.45, 2.75) is 64.0 Å². The van der Waals surface area contributed by atoms with Gasteiger partial charge in [0.2, 0.25) is 5.91 Å². The molecule has 2 atom stereocenters. The fourth-order valence-corrected chi connectivity index (χ4v) is 5.36. The number of aliphatic carboxylic acids is 1. The second kappa shape index (κ2) is 10.1. The van der Waals surface area contributed by atoms with E-state index in [0.29, 0.717) is 19.4 Å². The highest BCUT2D eigenvalue weighted by Crippen LogP contribution is 2.44. The van der Waals surface area contributed by atoms with Crippen molar-refractivity contribution < 1.29 is 24.2 Å². The van der Waals surface area contributed by atoms with Gasteiger partial charge in [0.15, 0.2) is 0 Å². The highest BCUT2D eigenvalue weighted by atomic mass is 16.5. The van der Waals surface area contributed by atoms with E-state index in [0.717, 1.165) is 35.1 Å². The summed E-state index contributed by atoms with van der Waals surface area (Å²) in [5.74, 6) is -1.34. The van der Waals surface area contributed by atoms with Crippen molar-refractivity contribution in [2.24, 2.45) is 5.92 Å². The van der Waals surface area contributed by atoms with Gasteiger partial charge in [-0.25, -0.2) is 9.59 Å². The molecule has 1 aliphatic heterocycles. The van der Waals surface area contributed by atoms with Crippen molar-refractivity contribution in [1.29, 1.82) is 0 Å². The van der Waals surface area contributed by atoms with Crippen LogP contribution < -0.4 is 5.32 Å². The van der Waals surface area contributed by atoms with Crippen LogP contribution in [0.4, 0.5) is 4.79 Å². The fourth-order valence-electron chi connectivity index (χ4n) is 5.36. The second-order valence-corrected chi connectivity index (χ2v) is 10.2. The van der Waals surface area contributed by atoms with Crippen LogP contribution in [0.2, 0.25) is 0 Å². The van der Waals surface area contributed by atoms with Crippen LogP contribution >= 0.6 is 0 Å². The number of benzene rings is 2. The molecule has 2 aliphatic rings. The third-order valence-corrected chi connectivity index (χ3v) is 7.26. The fraction of sp³-hybridized carbons (Fsp3) is 0.464. The summed E-state index contributed by atoms with van der Waals surface area (Å²) < 4.78 is 5.65. The Hall–Kier alpha value is -3.35. The number of carbonyl (C=O) groups excluding carboxylic acids is 2. The Morgan fingerprint density at radius 3 is 2.23 bits per heavy atom. The number of hydrogen-bond donors (Lipinski definition) is 2. The number of rotatable bonds is 7. The number of hydrogen-bond acceptors (Lipinski definition) is 4. The van der Waals surface area contributed by atoms with Gasteiger partial charge in [0.25, 0.3) is 0 Å². The monoisotopic (exact) mass is 478 g/mol. The summed E-state index contributed by atoms with van der Waals surface area (Å²) in [6.07, 6.45) is 1.62. The number of nitrogens with zero attached hydrogens (tertiary/aromatic N) is 1. The number of likely N-dealkylation sites (tertiary alicyclic amines) is 1. The van der Waals surface area contributed by atoms with Crippen molar-refractivity contribution >= 4 is 18.0 Å². The van der Waals surface area contributed by atoms with Crippen LogP contribution in [0.3, 0.4) is 0 Å². The predicted molar refractivity (Wildman–Crippen MR) is 133 cm³/mol. The number of carboxylic acid groups (broad SMARTS) is 1. The molecule has 4 rings (SSSR count). The molecule has 2 aromatic rings. The number of alkyl carbamates (subject to hydrolysis) is 1. The summed E-state index contributed by atoms with van der Waals surface area (Å²) in [4.78, 5) is 39.8. The maximum absolute atomic E-state index is 13.5. The maximum Gasteiger partial charge on any atom is 0.407 e. The lowest BCUT2D eigenvalue weighted by atomic mass is 9.87. The highest BCUT2D eigenvalue weighted by molar-refractivity contribution is 5.91. The molecular formula is C28H34N2O5. The van der Waals surface area contributed by atoms with E-state index in [1.807, 2.05) is 38.1 Å². The van der Waals surface area contributed by atoms with Gasteiger partial charge in [-0.1, -0.05) is 62.4 Å². The summed E-state index contributed by atoms with van der Waals surface area (Å²) in [5, 5.41) is 12.6. The van der Waals surface area contributed by atoms with E-state index in [9.17, 15) is 19.5 Å². The molecule has 1 fully saturated rings. The van der Waals surface area contributed by atoms with Crippen LogP contribution in [-0.2, 0) is 14.3 Å². The lowest BCUT2D eigenvalue weighted by Gasteiger charge is -2.43. The zero-order chi connectivity index (χ0) is 25.2. The Labute approximate surface area is 206 Å². The predicted octanol–water partition coefficient (Wildman–Crippen LogP) is 4.80. The number of carboxylic acids is 1. The van der Waals surface area contributed by atoms with Crippen molar-refractivity contribution in [3.63, 3.8) is 0 Å². The first-order valence-corrected chi connectivity index (χ1v) is 12.4. The summed E-state index contributed by atoms with van der Waals surface area (Å²) in [7, 11) is 0. The van der Waals surface area contributed by atoms with Crippen molar-refractivity contribution in [3.05, 3.63) is 59.7 Å². The molecule has 186 valence electrons. The number of fused-ring (bicyclic) bond motifs is 3. The van der Waals surface area contributed by atoms with Crippen molar-refractivity contribution in [3.8, 4) is 11.1 Å². The van der Waals surface area contributed by atoms with Gasteiger partial charge in [0.05, 0.1) is 0 Å². The Morgan fingerprint density at radius 2 is 1.66 bits per heavy atom. The molecule has 2 N–H and O–H groups in total.